The summed E-state index contributed by atoms with van der Waals surface area (Å²) in [5.41, 5.74) is 0. The van der Waals surface area contributed by atoms with Crippen molar-refractivity contribution >= 4 is 0 Å². The van der Waals surface area contributed by atoms with Gasteiger partial charge in [0.05, 0.1) is 27.2 Å². The maximum atomic E-state index is 5.29. The predicted octanol–water partition coefficient (Wildman–Crippen LogP) is 2.99. The Labute approximate surface area is 101 Å². The monoisotopic (exact) mass is 226 g/mol. The van der Waals surface area contributed by atoms with Gasteiger partial charge in [0.2, 0.25) is 0 Å². The van der Waals surface area contributed by atoms with Crippen molar-refractivity contribution in [1.29, 1.82) is 0 Å². The van der Waals surface area contributed by atoms with Crippen molar-refractivity contribution in [3.05, 3.63) is 12.7 Å². The molecule has 0 aliphatic carbocycles. The summed E-state index contributed by atoms with van der Waals surface area (Å²) in [6.45, 7) is 7.22. The molecule has 0 radical (unpaired) electrons. The van der Waals surface area contributed by atoms with Crippen LogP contribution in [0, 0.1) is 0 Å². The molecule has 1 atom stereocenters. The molecule has 1 heterocycles. The van der Waals surface area contributed by atoms with Crippen LogP contribution in [-0.2, 0) is 4.74 Å². The summed E-state index contributed by atoms with van der Waals surface area (Å²) in [5, 5.41) is 0. The fourth-order valence-electron chi connectivity index (χ4n) is 2.17. The largest absolute Gasteiger partial charge is 0.367 e. The normalized spacial score (nSPS) is 19.8. The third-order valence-corrected chi connectivity index (χ3v) is 3.27. The Kier molecular flexibility index (Phi) is 6.07. The molecule has 0 aromatic rings. The predicted molar refractivity (Wildman–Crippen MR) is 69.5 cm³/mol. The molecule has 1 fully saturated rings. The number of ether oxygens (including phenoxy) is 1. The Balaban J connectivity index is 1.90. The molecule has 1 aliphatic rings. The van der Waals surface area contributed by atoms with Gasteiger partial charge in [-0.1, -0.05) is 18.9 Å². The van der Waals surface area contributed by atoms with E-state index in [-0.39, 0.29) is 0 Å². The minimum absolute atomic E-state index is 0.558. The highest BCUT2D eigenvalue weighted by atomic mass is 16.6. The van der Waals surface area contributed by atoms with Gasteiger partial charge in [-0.05, 0) is 25.7 Å². The number of allylic oxidation sites excluding steroid dienone is 1. The van der Waals surface area contributed by atoms with E-state index >= 15 is 0 Å². The molecule has 0 saturated carbocycles. The number of nitrogens with zero attached hydrogens (tertiary/aromatic N) is 1. The van der Waals surface area contributed by atoms with Gasteiger partial charge in [0.25, 0.3) is 0 Å². The van der Waals surface area contributed by atoms with Crippen LogP contribution in [0.25, 0.3) is 0 Å². The van der Waals surface area contributed by atoms with Gasteiger partial charge in [-0.3, -0.25) is 0 Å². The molecule has 0 aromatic heterocycles. The Morgan fingerprint density at radius 1 is 1.19 bits per heavy atom. The molecule has 0 aromatic carbocycles. The van der Waals surface area contributed by atoms with Gasteiger partial charge < -0.3 is 9.22 Å². The second-order valence-corrected chi connectivity index (χ2v) is 5.64. The van der Waals surface area contributed by atoms with E-state index in [4.69, 9.17) is 4.74 Å². The van der Waals surface area contributed by atoms with Gasteiger partial charge >= 0.3 is 0 Å². The van der Waals surface area contributed by atoms with Gasteiger partial charge in [-0.15, -0.1) is 6.58 Å². The van der Waals surface area contributed by atoms with E-state index in [1.165, 1.54) is 51.6 Å². The Hall–Kier alpha value is -0.340. The second kappa shape index (κ2) is 7.08. The van der Waals surface area contributed by atoms with Crippen molar-refractivity contribution in [2.45, 2.75) is 44.6 Å². The molecule has 94 valence electrons. The zero-order valence-corrected chi connectivity index (χ0v) is 11.1. The first-order chi connectivity index (χ1) is 7.64. The number of quaternary nitrogens is 1. The molecule has 0 amide bonds. The zero-order valence-electron chi connectivity index (χ0n) is 11.1. The lowest BCUT2D eigenvalue weighted by molar-refractivity contribution is -0.891. The minimum atomic E-state index is 0.558. The third kappa shape index (κ3) is 7.02. The molecule has 1 rings (SSSR count). The van der Waals surface area contributed by atoms with E-state index in [2.05, 4.69) is 20.7 Å². The van der Waals surface area contributed by atoms with Crippen molar-refractivity contribution in [3.63, 3.8) is 0 Å². The van der Waals surface area contributed by atoms with Crippen LogP contribution in [0.4, 0.5) is 0 Å². The van der Waals surface area contributed by atoms with Gasteiger partial charge in [-0.25, -0.2) is 0 Å². The van der Waals surface area contributed by atoms with Crippen LogP contribution in [-0.4, -0.2) is 44.4 Å². The number of hydrogen-bond acceptors (Lipinski definition) is 1. The fraction of sp³-hybridized carbons (Fsp3) is 0.857. The van der Waals surface area contributed by atoms with Crippen LogP contribution in [0.15, 0.2) is 12.7 Å². The average molecular weight is 226 g/mol. The molecule has 1 saturated heterocycles. The fourth-order valence-corrected chi connectivity index (χ4v) is 2.17. The second-order valence-electron chi connectivity index (χ2n) is 5.64. The summed E-state index contributed by atoms with van der Waals surface area (Å²) in [6.07, 6.45) is 10.6. The first kappa shape index (κ1) is 13.7. The van der Waals surface area contributed by atoms with Gasteiger partial charge in [0, 0.05) is 0 Å². The molecular weight excluding hydrogens is 198 g/mol. The molecule has 1 unspecified atom stereocenters. The van der Waals surface area contributed by atoms with Crippen LogP contribution < -0.4 is 0 Å². The molecule has 2 heteroatoms. The van der Waals surface area contributed by atoms with Gasteiger partial charge in [0.15, 0.2) is 0 Å². The number of unbranched alkanes of at least 4 members (excludes halogenated alkanes) is 5. The lowest BCUT2D eigenvalue weighted by Crippen LogP contribution is -2.43. The smallest absolute Gasteiger partial charge is 0.130 e. The standard InChI is InChI=1S/C14H28NO/c1-4-5-6-7-8-9-10-11-15(2,3)12-14-13-16-14/h4,14H,1,5-13H2,2-3H3/q+1. The minimum Gasteiger partial charge on any atom is -0.367 e. The lowest BCUT2D eigenvalue weighted by Gasteiger charge is -2.29. The van der Waals surface area contributed by atoms with Crippen molar-refractivity contribution in [2.75, 3.05) is 33.8 Å². The summed E-state index contributed by atoms with van der Waals surface area (Å²) in [6, 6.07) is 0. The molecule has 0 N–H and O–H groups in total. The van der Waals surface area contributed by atoms with Crippen molar-refractivity contribution in [1.82, 2.24) is 0 Å². The van der Waals surface area contributed by atoms with E-state index in [1.807, 2.05) is 6.08 Å². The average Bonchev–Trinajstić information content (AvgIpc) is 2.99. The highest BCUT2D eigenvalue weighted by molar-refractivity contribution is 4.67. The first-order valence-electron chi connectivity index (χ1n) is 6.68. The van der Waals surface area contributed by atoms with E-state index in [1.54, 1.807) is 0 Å². The Bertz CT molecular complexity index is 197. The summed E-state index contributed by atoms with van der Waals surface area (Å²) in [4.78, 5) is 0. The first-order valence-corrected chi connectivity index (χ1v) is 6.68. The highest BCUT2D eigenvalue weighted by Crippen LogP contribution is 2.15. The molecule has 0 bridgehead atoms. The van der Waals surface area contributed by atoms with Gasteiger partial charge in [-0.2, -0.15) is 0 Å². The van der Waals surface area contributed by atoms with Crippen molar-refractivity contribution in [3.8, 4) is 0 Å². The maximum Gasteiger partial charge on any atom is 0.130 e. The SMILES string of the molecule is C=CCCCCCCC[N+](C)(C)CC1CO1. The highest BCUT2D eigenvalue weighted by Gasteiger charge is 2.30. The Morgan fingerprint density at radius 2 is 1.81 bits per heavy atom. The molecule has 0 spiro atoms. The molecular formula is C14H28NO+. The van der Waals surface area contributed by atoms with Crippen molar-refractivity contribution in [2.24, 2.45) is 0 Å². The summed E-state index contributed by atoms with van der Waals surface area (Å²) in [7, 11) is 4.64. The lowest BCUT2D eigenvalue weighted by atomic mass is 10.1. The van der Waals surface area contributed by atoms with Crippen LogP contribution in [0.5, 0.6) is 0 Å². The summed E-state index contributed by atoms with van der Waals surface area (Å²) in [5.74, 6) is 0. The topological polar surface area (TPSA) is 12.5 Å². The van der Waals surface area contributed by atoms with E-state index in [0.717, 1.165) is 11.1 Å². The van der Waals surface area contributed by atoms with Gasteiger partial charge in [0.1, 0.15) is 12.6 Å². The van der Waals surface area contributed by atoms with E-state index < -0.39 is 0 Å². The van der Waals surface area contributed by atoms with E-state index in [0.29, 0.717) is 6.10 Å². The van der Waals surface area contributed by atoms with Crippen LogP contribution >= 0.6 is 0 Å². The van der Waals surface area contributed by atoms with Crippen LogP contribution in [0.1, 0.15) is 38.5 Å². The molecule has 16 heavy (non-hydrogen) atoms. The number of hydrogen-bond donors (Lipinski definition) is 0. The van der Waals surface area contributed by atoms with Crippen LogP contribution in [0.2, 0.25) is 0 Å². The number of rotatable bonds is 10. The molecule has 1 aliphatic heterocycles. The quantitative estimate of drug-likeness (QED) is 0.241. The zero-order chi connectivity index (χ0) is 11.9. The van der Waals surface area contributed by atoms with Crippen molar-refractivity contribution < 1.29 is 9.22 Å². The Morgan fingerprint density at radius 3 is 2.44 bits per heavy atom. The third-order valence-electron chi connectivity index (χ3n) is 3.27. The maximum absolute atomic E-state index is 5.29. The van der Waals surface area contributed by atoms with Crippen LogP contribution in [0.3, 0.4) is 0 Å². The van der Waals surface area contributed by atoms with E-state index in [9.17, 15) is 0 Å². The number of epoxide rings is 1. The number of likely N-dealkylation sites (N-methyl/N-ethyl adjacent to an activating group) is 1. The summed E-state index contributed by atoms with van der Waals surface area (Å²) >= 11 is 0. The molecule has 2 nitrogen and oxygen atoms in total. The summed E-state index contributed by atoms with van der Waals surface area (Å²) < 4.78 is 6.41.